The molecule has 0 bridgehead atoms. The van der Waals surface area contributed by atoms with Gasteiger partial charge in [-0.15, -0.1) is 0 Å². The summed E-state index contributed by atoms with van der Waals surface area (Å²) in [4.78, 5) is 2.54. The number of piperazine rings is 1. The predicted molar refractivity (Wildman–Crippen MR) is 61.7 cm³/mol. The lowest BCUT2D eigenvalue weighted by Gasteiger charge is -2.37. The maximum Gasteiger partial charge on any atom is 0.0590 e. The Kier molecular flexibility index (Phi) is 4.26. The van der Waals surface area contributed by atoms with Gasteiger partial charge in [-0.1, -0.05) is 36.4 Å². The molecule has 0 spiro atoms. The first-order chi connectivity index (χ1) is 5.61. The predicted octanol–water partition coefficient (Wildman–Crippen LogP) is 1.70. The van der Waals surface area contributed by atoms with Crippen molar-refractivity contribution in [2.75, 3.05) is 19.6 Å². The molecule has 0 saturated carbocycles. The summed E-state index contributed by atoms with van der Waals surface area (Å²) in [5, 5.41) is 3.56. The Morgan fingerprint density at radius 1 is 1.42 bits per heavy atom. The first-order valence-corrected chi connectivity index (χ1v) is 5.97. The van der Waals surface area contributed by atoms with E-state index in [4.69, 9.17) is 0 Å². The topological polar surface area (TPSA) is 15.3 Å². The van der Waals surface area contributed by atoms with Crippen molar-refractivity contribution in [3.63, 3.8) is 0 Å². The van der Waals surface area contributed by atoms with Crippen LogP contribution in [0.4, 0.5) is 0 Å². The van der Waals surface area contributed by atoms with Crippen molar-refractivity contribution in [1.82, 2.24) is 10.2 Å². The molecule has 0 aromatic heterocycles. The van der Waals surface area contributed by atoms with E-state index in [9.17, 15) is 0 Å². The molecule has 0 aromatic carbocycles. The minimum absolute atomic E-state index is 0.672. The fraction of sp³-hybridized carbons (Fsp3) is 1.00. The van der Waals surface area contributed by atoms with Crippen LogP contribution in [0.2, 0.25) is 0 Å². The van der Waals surface area contributed by atoms with E-state index in [0.717, 1.165) is 12.5 Å². The quantitative estimate of drug-likeness (QED) is 0.471. The summed E-state index contributed by atoms with van der Waals surface area (Å²) in [6, 6.07) is 0.691. The van der Waals surface area contributed by atoms with Crippen LogP contribution in [-0.2, 0) is 0 Å². The minimum Gasteiger partial charge on any atom is -0.311 e. The van der Waals surface area contributed by atoms with E-state index in [1.54, 1.807) is 0 Å². The van der Waals surface area contributed by atoms with Crippen LogP contribution >= 0.6 is 22.6 Å². The zero-order valence-electron chi connectivity index (χ0n) is 8.18. The van der Waals surface area contributed by atoms with Gasteiger partial charge >= 0.3 is 0 Å². The fourth-order valence-electron chi connectivity index (χ4n) is 1.57. The van der Waals surface area contributed by atoms with Crippen LogP contribution in [0, 0.1) is 5.92 Å². The Labute approximate surface area is 89.2 Å². The highest BCUT2D eigenvalue weighted by Crippen LogP contribution is 2.13. The van der Waals surface area contributed by atoms with Crippen molar-refractivity contribution >= 4 is 22.6 Å². The smallest absolute Gasteiger partial charge is 0.0590 e. The molecule has 2 atom stereocenters. The van der Waals surface area contributed by atoms with Crippen molar-refractivity contribution < 1.29 is 0 Å². The van der Waals surface area contributed by atoms with Gasteiger partial charge in [-0.3, -0.25) is 4.90 Å². The molecule has 1 fully saturated rings. The Hall–Kier alpha value is 0.650. The Balaban J connectivity index is 2.40. The molecule has 1 aliphatic rings. The van der Waals surface area contributed by atoms with E-state index >= 15 is 0 Å². The van der Waals surface area contributed by atoms with E-state index in [0.29, 0.717) is 10.1 Å². The number of hydrogen-bond donors (Lipinski definition) is 1. The lowest BCUT2D eigenvalue weighted by molar-refractivity contribution is 0.176. The number of halogens is 1. The minimum atomic E-state index is 0.672. The zero-order chi connectivity index (χ0) is 9.14. The molecule has 1 rings (SSSR count). The second-order valence-electron chi connectivity index (χ2n) is 3.87. The average molecular weight is 282 g/mol. The van der Waals surface area contributed by atoms with Crippen molar-refractivity contribution in [3.05, 3.63) is 0 Å². The van der Waals surface area contributed by atoms with Gasteiger partial charge in [0.05, 0.1) is 4.05 Å². The third kappa shape index (κ3) is 2.85. The normalized spacial score (nSPS) is 29.2. The van der Waals surface area contributed by atoms with Crippen molar-refractivity contribution in [2.24, 2.45) is 5.92 Å². The van der Waals surface area contributed by atoms with Gasteiger partial charge < -0.3 is 5.32 Å². The summed E-state index contributed by atoms with van der Waals surface area (Å²) >= 11 is 2.49. The van der Waals surface area contributed by atoms with Gasteiger partial charge in [-0.25, -0.2) is 0 Å². The number of nitrogens with zero attached hydrogens (tertiary/aromatic N) is 1. The van der Waals surface area contributed by atoms with E-state index in [1.165, 1.54) is 13.1 Å². The molecule has 1 N–H and O–H groups in total. The number of nitrogens with one attached hydrogen (secondary N) is 1. The Bertz CT molecular complexity index is 122. The van der Waals surface area contributed by atoms with Gasteiger partial charge in [0.1, 0.15) is 0 Å². The first-order valence-electron chi connectivity index (χ1n) is 4.72. The zero-order valence-corrected chi connectivity index (χ0v) is 10.3. The third-order valence-corrected chi connectivity index (χ3v) is 3.33. The second kappa shape index (κ2) is 4.77. The third-order valence-electron chi connectivity index (χ3n) is 2.54. The van der Waals surface area contributed by atoms with Crippen molar-refractivity contribution in [3.8, 4) is 0 Å². The Morgan fingerprint density at radius 3 is 2.58 bits per heavy atom. The first kappa shape index (κ1) is 10.7. The van der Waals surface area contributed by atoms with Crippen LogP contribution in [0.1, 0.15) is 20.8 Å². The van der Waals surface area contributed by atoms with Gasteiger partial charge in [0, 0.05) is 25.7 Å². The molecule has 0 radical (unpaired) electrons. The molecule has 12 heavy (non-hydrogen) atoms. The number of hydrogen-bond acceptors (Lipinski definition) is 2. The van der Waals surface area contributed by atoms with Crippen LogP contribution in [0.15, 0.2) is 0 Å². The van der Waals surface area contributed by atoms with Crippen LogP contribution in [-0.4, -0.2) is 34.6 Å². The molecule has 0 amide bonds. The summed E-state index contributed by atoms with van der Waals surface area (Å²) in [7, 11) is 0. The summed E-state index contributed by atoms with van der Waals surface area (Å²) in [6.45, 7) is 10.4. The highest BCUT2D eigenvalue weighted by atomic mass is 127. The van der Waals surface area contributed by atoms with Gasteiger partial charge in [-0.2, -0.15) is 0 Å². The molecular weight excluding hydrogens is 263 g/mol. The average Bonchev–Trinajstić information content (AvgIpc) is 2.04. The van der Waals surface area contributed by atoms with E-state index in [1.807, 2.05) is 0 Å². The molecule has 1 saturated heterocycles. The molecule has 1 heterocycles. The molecular formula is C9H19IN2. The molecule has 0 aliphatic carbocycles. The molecule has 72 valence electrons. The summed E-state index contributed by atoms with van der Waals surface area (Å²) in [6.07, 6.45) is 0. The van der Waals surface area contributed by atoms with Crippen LogP contribution in [0.3, 0.4) is 0 Å². The number of alkyl halides is 1. The lowest BCUT2D eigenvalue weighted by Crippen LogP contribution is -2.54. The van der Waals surface area contributed by atoms with Gasteiger partial charge in [0.15, 0.2) is 0 Å². The number of rotatable bonds is 2. The van der Waals surface area contributed by atoms with Crippen LogP contribution in [0.5, 0.6) is 0 Å². The molecule has 1 aliphatic heterocycles. The summed E-state index contributed by atoms with van der Waals surface area (Å²) in [5.41, 5.74) is 0. The van der Waals surface area contributed by atoms with Gasteiger partial charge in [0.2, 0.25) is 0 Å². The highest BCUT2D eigenvalue weighted by Gasteiger charge is 2.23. The Morgan fingerprint density at radius 2 is 2.08 bits per heavy atom. The van der Waals surface area contributed by atoms with E-state index < -0.39 is 0 Å². The maximum absolute atomic E-state index is 3.56. The van der Waals surface area contributed by atoms with Crippen LogP contribution < -0.4 is 5.32 Å². The van der Waals surface area contributed by atoms with Gasteiger partial charge in [0.25, 0.3) is 0 Å². The van der Waals surface area contributed by atoms with Gasteiger partial charge in [-0.05, 0) is 12.8 Å². The van der Waals surface area contributed by atoms with Crippen molar-refractivity contribution in [2.45, 2.75) is 30.9 Å². The largest absolute Gasteiger partial charge is 0.311 e. The highest BCUT2D eigenvalue weighted by molar-refractivity contribution is 14.1. The summed E-state index contributed by atoms with van der Waals surface area (Å²) in [5.74, 6) is 0.753. The summed E-state index contributed by atoms with van der Waals surface area (Å²) < 4.78 is 0.672. The van der Waals surface area contributed by atoms with Crippen LogP contribution in [0.25, 0.3) is 0 Å². The molecule has 1 unspecified atom stereocenters. The SMILES string of the molecule is CC(C)C1CN([C@H](C)I)CCN1. The lowest BCUT2D eigenvalue weighted by atomic mass is 10.0. The van der Waals surface area contributed by atoms with E-state index in [-0.39, 0.29) is 0 Å². The standard InChI is InChI=1S/C9H19IN2/c1-7(2)9-6-12(8(3)10)5-4-11-9/h7-9,11H,4-6H2,1-3H3/t8-,9?/m1/s1. The van der Waals surface area contributed by atoms with E-state index in [2.05, 4.69) is 53.6 Å². The molecule has 3 heteroatoms. The maximum atomic E-state index is 3.56. The monoisotopic (exact) mass is 282 g/mol. The molecule has 2 nitrogen and oxygen atoms in total. The second-order valence-corrected chi connectivity index (χ2v) is 5.68. The molecule has 0 aromatic rings. The van der Waals surface area contributed by atoms with Crippen molar-refractivity contribution in [1.29, 1.82) is 0 Å². The fourth-order valence-corrected chi connectivity index (χ4v) is 2.08.